The molecule has 1 aromatic rings. The van der Waals surface area contributed by atoms with Crippen LogP contribution in [0.15, 0.2) is 24.5 Å². The molecule has 19 heavy (non-hydrogen) atoms. The molecule has 1 unspecified atom stereocenters. The first-order valence-electron chi connectivity index (χ1n) is 7.49. The Kier molecular flexibility index (Phi) is 4.94. The summed E-state index contributed by atoms with van der Waals surface area (Å²) in [6.45, 7) is 3.23. The van der Waals surface area contributed by atoms with Crippen LogP contribution in [0.5, 0.6) is 0 Å². The molecule has 0 aromatic carbocycles. The van der Waals surface area contributed by atoms with E-state index >= 15 is 0 Å². The molecule has 0 radical (unpaired) electrons. The first-order valence-corrected chi connectivity index (χ1v) is 7.49. The molecule has 3 heteroatoms. The largest absolute Gasteiger partial charge is 0.312 e. The summed E-state index contributed by atoms with van der Waals surface area (Å²) in [4.78, 5) is 6.70. The van der Waals surface area contributed by atoms with E-state index in [1.165, 1.54) is 31.2 Å². The van der Waals surface area contributed by atoms with E-state index in [0.29, 0.717) is 11.6 Å². The maximum absolute atomic E-state index is 4.25. The Bertz CT molecular complexity index is 369. The minimum Gasteiger partial charge on any atom is -0.312 e. The number of rotatable bonds is 6. The quantitative estimate of drug-likeness (QED) is 0.852. The fourth-order valence-corrected chi connectivity index (χ4v) is 3.55. The van der Waals surface area contributed by atoms with Gasteiger partial charge in [-0.15, -0.1) is 0 Å². The van der Waals surface area contributed by atoms with Crippen molar-refractivity contribution >= 4 is 0 Å². The van der Waals surface area contributed by atoms with Gasteiger partial charge < -0.3 is 10.2 Å². The van der Waals surface area contributed by atoms with Gasteiger partial charge in [0.15, 0.2) is 0 Å². The van der Waals surface area contributed by atoms with Crippen LogP contribution >= 0.6 is 0 Å². The lowest BCUT2D eigenvalue weighted by molar-refractivity contribution is 0.105. The fraction of sp³-hybridized carbons (Fsp3) is 0.688. The number of likely N-dealkylation sites (N-methyl/N-ethyl adjacent to an activating group) is 2. The molecule has 1 fully saturated rings. The highest BCUT2D eigenvalue weighted by molar-refractivity contribution is 5.14. The predicted molar refractivity (Wildman–Crippen MR) is 80.3 cm³/mol. The second-order valence-corrected chi connectivity index (χ2v) is 5.88. The number of hydrogen-bond donors (Lipinski definition) is 1. The summed E-state index contributed by atoms with van der Waals surface area (Å²) in [5.41, 5.74) is 1.65. The van der Waals surface area contributed by atoms with Crippen molar-refractivity contribution in [2.75, 3.05) is 20.6 Å². The Hall–Kier alpha value is -0.930. The van der Waals surface area contributed by atoms with Crippen molar-refractivity contribution in [3.63, 3.8) is 0 Å². The molecule has 1 atom stereocenters. The van der Waals surface area contributed by atoms with Gasteiger partial charge in [0.1, 0.15) is 0 Å². The smallest absolute Gasteiger partial charge is 0.0359 e. The second-order valence-electron chi connectivity index (χ2n) is 5.88. The summed E-state index contributed by atoms with van der Waals surface area (Å²) in [5.74, 6) is 0. The molecule has 1 aromatic heterocycles. The molecule has 2 rings (SSSR count). The maximum Gasteiger partial charge on any atom is 0.0359 e. The Balaban J connectivity index is 2.18. The SMILES string of the molecule is CCNC(Cc1cccnc1)C1(N(C)C)CCCC1. The number of pyridine rings is 1. The van der Waals surface area contributed by atoms with Gasteiger partial charge in [-0.3, -0.25) is 4.98 Å². The van der Waals surface area contributed by atoms with E-state index in [-0.39, 0.29) is 0 Å². The van der Waals surface area contributed by atoms with Crippen molar-refractivity contribution in [1.82, 2.24) is 15.2 Å². The van der Waals surface area contributed by atoms with Crippen molar-refractivity contribution < 1.29 is 0 Å². The molecular weight excluding hydrogens is 234 g/mol. The third-order valence-corrected chi connectivity index (χ3v) is 4.62. The zero-order valence-corrected chi connectivity index (χ0v) is 12.5. The third-order valence-electron chi connectivity index (χ3n) is 4.62. The van der Waals surface area contributed by atoms with Gasteiger partial charge in [0, 0.05) is 24.0 Å². The molecular formula is C16H27N3. The van der Waals surface area contributed by atoms with Gasteiger partial charge in [0.2, 0.25) is 0 Å². The van der Waals surface area contributed by atoms with Gasteiger partial charge >= 0.3 is 0 Å². The van der Waals surface area contributed by atoms with Crippen LogP contribution in [0.4, 0.5) is 0 Å². The molecule has 0 amide bonds. The van der Waals surface area contributed by atoms with Crippen LogP contribution in [0.25, 0.3) is 0 Å². The van der Waals surface area contributed by atoms with Gasteiger partial charge in [-0.25, -0.2) is 0 Å². The molecule has 106 valence electrons. The number of aromatic nitrogens is 1. The van der Waals surface area contributed by atoms with Gasteiger partial charge in [-0.05, 0) is 51.5 Å². The Labute approximate surface area is 117 Å². The van der Waals surface area contributed by atoms with Crippen molar-refractivity contribution in [2.45, 2.75) is 50.6 Å². The van der Waals surface area contributed by atoms with Crippen molar-refractivity contribution in [1.29, 1.82) is 0 Å². The van der Waals surface area contributed by atoms with Crippen molar-refractivity contribution in [3.05, 3.63) is 30.1 Å². The molecule has 1 aliphatic rings. The monoisotopic (exact) mass is 261 g/mol. The maximum atomic E-state index is 4.25. The molecule has 0 aliphatic heterocycles. The van der Waals surface area contributed by atoms with Crippen LogP contribution in [0.1, 0.15) is 38.2 Å². The van der Waals surface area contributed by atoms with Crippen LogP contribution in [-0.4, -0.2) is 42.1 Å². The van der Waals surface area contributed by atoms with E-state index in [4.69, 9.17) is 0 Å². The lowest BCUT2D eigenvalue weighted by Gasteiger charge is -2.44. The second kappa shape index (κ2) is 6.49. The summed E-state index contributed by atoms with van der Waals surface area (Å²) >= 11 is 0. The van der Waals surface area contributed by atoms with Crippen molar-refractivity contribution in [3.8, 4) is 0 Å². The average Bonchev–Trinajstić information content (AvgIpc) is 2.90. The normalized spacial score (nSPS) is 19.8. The molecule has 1 heterocycles. The highest BCUT2D eigenvalue weighted by Crippen LogP contribution is 2.37. The molecule has 0 bridgehead atoms. The highest BCUT2D eigenvalue weighted by atomic mass is 15.2. The van der Waals surface area contributed by atoms with E-state index in [1.54, 1.807) is 0 Å². The molecule has 1 aliphatic carbocycles. The number of nitrogens with one attached hydrogen (secondary N) is 1. The van der Waals surface area contributed by atoms with Gasteiger partial charge in [0.25, 0.3) is 0 Å². The van der Waals surface area contributed by atoms with Crippen LogP contribution in [0.3, 0.4) is 0 Å². The van der Waals surface area contributed by atoms with Gasteiger partial charge in [0.05, 0.1) is 0 Å². The van der Waals surface area contributed by atoms with Crippen molar-refractivity contribution in [2.24, 2.45) is 0 Å². The Morgan fingerprint density at radius 3 is 2.63 bits per heavy atom. The van der Waals surface area contributed by atoms with E-state index in [1.807, 2.05) is 18.5 Å². The predicted octanol–water partition coefficient (Wildman–Crippen LogP) is 2.48. The zero-order valence-electron chi connectivity index (χ0n) is 12.5. The number of hydrogen-bond acceptors (Lipinski definition) is 3. The molecule has 1 N–H and O–H groups in total. The summed E-state index contributed by atoms with van der Waals surface area (Å²) in [6.07, 6.45) is 10.2. The summed E-state index contributed by atoms with van der Waals surface area (Å²) in [5, 5.41) is 3.73. The van der Waals surface area contributed by atoms with E-state index in [9.17, 15) is 0 Å². The summed E-state index contributed by atoms with van der Waals surface area (Å²) in [6, 6.07) is 4.74. The van der Waals surface area contributed by atoms with Gasteiger partial charge in [-0.2, -0.15) is 0 Å². The van der Waals surface area contributed by atoms with Crippen LogP contribution in [0.2, 0.25) is 0 Å². The zero-order chi connectivity index (χ0) is 13.7. The summed E-state index contributed by atoms with van der Waals surface area (Å²) in [7, 11) is 4.47. The summed E-state index contributed by atoms with van der Waals surface area (Å²) < 4.78 is 0. The first kappa shape index (κ1) is 14.5. The Morgan fingerprint density at radius 2 is 2.11 bits per heavy atom. The van der Waals surface area contributed by atoms with Crippen LogP contribution < -0.4 is 5.32 Å². The minimum atomic E-state index is 0.311. The average molecular weight is 261 g/mol. The fourth-order valence-electron chi connectivity index (χ4n) is 3.55. The highest BCUT2D eigenvalue weighted by Gasteiger charge is 2.42. The third kappa shape index (κ3) is 3.15. The number of nitrogens with zero attached hydrogens (tertiary/aromatic N) is 2. The molecule has 1 saturated carbocycles. The minimum absolute atomic E-state index is 0.311. The standard InChI is InChI=1S/C16H27N3/c1-4-18-15(12-14-8-7-11-17-13-14)16(19(2)3)9-5-6-10-16/h7-8,11,13,15,18H,4-6,9-10,12H2,1-3H3. The van der Waals surface area contributed by atoms with E-state index in [2.05, 4.69) is 42.3 Å². The molecule has 3 nitrogen and oxygen atoms in total. The van der Waals surface area contributed by atoms with Gasteiger partial charge in [-0.1, -0.05) is 25.8 Å². The van der Waals surface area contributed by atoms with Crippen LogP contribution in [-0.2, 0) is 6.42 Å². The van der Waals surface area contributed by atoms with Crippen LogP contribution in [0, 0.1) is 0 Å². The molecule has 0 spiro atoms. The first-order chi connectivity index (χ1) is 9.19. The Morgan fingerprint density at radius 1 is 1.37 bits per heavy atom. The topological polar surface area (TPSA) is 28.2 Å². The molecule has 0 saturated heterocycles. The van der Waals surface area contributed by atoms with E-state index < -0.39 is 0 Å². The van der Waals surface area contributed by atoms with E-state index in [0.717, 1.165) is 13.0 Å². The lowest BCUT2D eigenvalue weighted by Crippen LogP contribution is -2.58. The lowest BCUT2D eigenvalue weighted by atomic mass is 9.83.